The molecule has 4 aromatic rings. The van der Waals surface area contributed by atoms with Crippen molar-refractivity contribution in [3.05, 3.63) is 67.0 Å². The zero-order valence-electron chi connectivity index (χ0n) is 10.1. The summed E-state index contributed by atoms with van der Waals surface area (Å²) >= 11 is 0. The molecule has 2 aromatic heterocycles. The summed E-state index contributed by atoms with van der Waals surface area (Å²) < 4.78 is 5.87. The molecule has 0 spiro atoms. The molecule has 0 amide bonds. The maximum absolute atomic E-state index is 5.87. The summed E-state index contributed by atoms with van der Waals surface area (Å²) in [5.41, 5.74) is 4.05. The topological polar surface area (TPSA) is 26.0 Å². The molecule has 19 heavy (non-hydrogen) atoms. The molecule has 4 rings (SSSR count). The molecule has 0 atom stereocenters. The van der Waals surface area contributed by atoms with E-state index >= 15 is 0 Å². The molecule has 0 N–H and O–H groups in total. The van der Waals surface area contributed by atoms with E-state index in [4.69, 9.17) is 4.42 Å². The lowest BCUT2D eigenvalue weighted by atomic mass is 10.0. The van der Waals surface area contributed by atoms with Crippen LogP contribution in [-0.2, 0) is 0 Å². The summed E-state index contributed by atoms with van der Waals surface area (Å²) in [4.78, 5) is 4.04. The normalized spacial score (nSPS) is 11.2. The van der Waals surface area contributed by atoms with Crippen molar-refractivity contribution in [2.75, 3.05) is 0 Å². The number of nitrogens with zero attached hydrogens (tertiary/aromatic N) is 1. The van der Waals surface area contributed by atoms with E-state index in [1.807, 2.05) is 30.3 Å². The predicted octanol–water partition coefficient (Wildman–Crippen LogP) is 4.45. The van der Waals surface area contributed by atoms with Crippen LogP contribution in [0.2, 0.25) is 0 Å². The highest BCUT2D eigenvalue weighted by atomic mass is 16.3. The van der Waals surface area contributed by atoms with Crippen molar-refractivity contribution in [2.24, 2.45) is 0 Å². The third-order valence-corrected chi connectivity index (χ3v) is 3.30. The zero-order chi connectivity index (χ0) is 12.7. The van der Waals surface area contributed by atoms with E-state index in [9.17, 15) is 0 Å². The van der Waals surface area contributed by atoms with Gasteiger partial charge < -0.3 is 4.42 Å². The van der Waals surface area contributed by atoms with Crippen molar-refractivity contribution in [3.63, 3.8) is 0 Å². The summed E-state index contributed by atoms with van der Waals surface area (Å²) in [6, 6.07) is 19.3. The van der Waals surface area contributed by atoms with Gasteiger partial charge >= 0.3 is 0 Å². The van der Waals surface area contributed by atoms with Crippen LogP contribution in [0.5, 0.6) is 0 Å². The summed E-state index contributed by atoms with van der Waals surface area (Å²) in [6.07, 6.45) is 3.60. The van der Waals surface area contributed by atoms with Crippen molar-refractivity contribution in [1.29, 1.82) is 0 Å². The number of benzene rings is 2. The SMILES string of the molecule is [c]1cccc2oc3cc(-c4ccncc4)ccc3c12. The Morgan fingerprint density at radius 3 is 2.68 bits per heavy atom. The van der Waals surface area contributed by atoms with E-state index in [-0.39, 0.29) is 0 Å². The quantitative estimate of drug-likeness (QED) is 0.494. The van der Waals surface area contributed by atoms with Crippen LogP contribution in [0.25, 0.3) is 33.1 Å². The first-order chi connectivity index (χ1) is 9.42. The van der Waals surface area contributed by atoms with Crippen LogP contribution in [0, 0.1) is 6.07 Å². The van der Waals surface area contributed by atoms with Crippen molar-refractivity contribution >= 4 is 21.9 Å². The minimum absolute atomic E-state index is 0.879. The fourth-order valence-corrected chi connectivity index (χ4v) is 2.37. The molecule has 1 radical (unpaired) electrons. The molecular formula is C17H10NO. The molecule has 89 valence electrons. The lowest BCUT2D eigenvalue weighted by Gasteiger charge is -2.00. The maximum atomic E-state index is 5.87. The largest absolute Gasteiger partial charge is 0.456 e. The third kappa shape index (κ3) is 1.61. The van der Waals surface area contributed by atoms with Gasteiger partial charge in [0, 0.05) is 23.2 Å². The number of rotatable bonds is 1. The number of furan rings is 1. The van der Waals surface area contributed by atoms with Crippen LogP contribution >= 0.6 is 0 Å². The summed E-state index contributed by atoms with van der Waals surface area (Å²) in [5, 5.41) is 2.15. The van der Waals surface area contributed by atoms with Gasteiger partial charge in [-0.1, -0.05) is 18.2 Å². The molecule has 2 heteroatoms. The highest BCUT2D eigenvalue weighted by molar-refractivity contribution is 6.05. The molecule has 0 aliphatic rings. The highest BCUT2D eigenvalue weighted by Gasteiger charge is 2.07. The van der Waals surface area contributed by atoms with Gasteiger partial charge in [0.05, 0.1) is 0 Å². The second-order valence-corrected chi connectivity index (χ2v) is 4.46. The number of aromatic nitrogens is 1. The first-order valence-electron chi connectivity index (χ1n) is 6.15. The van der Waals surface area contributed by atoms with Crippen LogP contribution in [0.15, 0.2) is 65.3 Å². The number of fused-ring (bicyclic) bond motifs is 3. The molecule has 2 aromatic carbocycles. The molecule has 0 unspecified atom stereocenters. The Balaban J connectivity index is 1.99. The van der Waals surface area contributed by atoms with E-state index in [2.05, 4.69) is 29.2 Å². The summed E-state index contributed by atoms with van der Waals surface area (Å²) in [5.74, 6) is 0. The summed E-state index contributed by atoms with van der Waals surface area (Å²) in [7, 11) is 0. The average Bonchev–Trinajstić information content (AvgIpc) is 2.86. The standard InChI is InChI=1S/C17H10NO/c1-2-4-16-14(3-1)15-6-5-13(11-17(15)19-16)12-7-9-18-10-8-12/h1-2,4-11H. The second kappa shape index (κ2) is 3.95. The van der Waals surface area contributed by atoms with Gasteiger partial charge in [-0.05, 0) is 47.5 Å². The van der Waals surface area contributed by atoms with Crippen LogP contribution in [0.1, 0.15) is 0 Å². The van der Waals surface area contributed by atoms with Crippen molar-refractivity contribution in [2.45, 2.75) is 0 Å². The number of hydrogen-bond acceptors (Lipinski definition) is 2. The predicted molar refractivity (Wildman–Crippen MR) is 75.8 cm³/mol. The van der Waals surface area contributed by atoms with E-state index in [1.165, 1.54) is 0 Å². The third-order valence-electron chi connectivity index (χ3n) is 3.30. The Hall–Kier alpha value is -2.61. The Kier molecular flexibility index (Phi) is 2.15. The molecule has 2 nitrogen and oxygen atoms in total. The van der Waals surface area contributed by atoms with E-state index in [0.717, 1.165) is 33.1 Å². The Labute approximate surface area is 110 Å². The zero-order valence-corrected chi connectivity index (χ0v) is 10.1. The van der Waals surface area contributed by atoms with Crippen LogP contribution in [0.4, 0.5) is 0 Å². The van der Waals surface area contributed by atoms with Crippen molar-refractivity contribution in [1.82, 2.24) is 4.98 Å². The minimum Gasteiger partial charge on any atom is -0.456 e. The smallest absolute Gasteiger partial charge is 0.136 e. The fraction of sp³-hybridized carbons (Fsp3) is 0. The van der Waals surface area contributed by atoms with Gasteiger partial charge in [-0.2, -0.15) is 0 Å². The van der Waals surface area contributed by atoms with Crippen LogP contribution in [0.3, 0.4) is 0 Å². The lowest BCUT2D eigenvalue weighted by molar-refractivity contribution is 0.669. The molecule has 0 saturated carbocycles. The first kappa shape index (κ1) is 10.3. The van der Waals surface area contributed by atoms with Gasteiger partial charge in [0.15, 0.2) is 0 Å². The molecule has 0 bridgehead atoms. The Morgan fingerprint density at radius 1 is 0.895 bits per heavy atom. The molecule has 0 aliphatic heterocycles. The van der Waals surface area contributed by atoms with Gasteiger partial charge in [-0.15, -0.1) is 0 Å². The van der Waals surface area contributed by atoms with Gasteiger partial charge in [0.2, 0.25) is 0 Å². The van der Waals surface area contributed by atoms with Gasteiger partial charge in [0.25, 0.3) is 0 Å². The minimum atomic E-state index is 0.879. The van der Waals surface area contributed by atoms with Gasteiger partial charge in [-0.3, -0.25) is 4.98 Å². The fourth-order valence-electron chi connectivity index (χ4n) is 2.37. The molecule has 0 aliphatic carbocycles. The van der Waals surface area contributed by atoms with E-state index < -0.39 is 0 Å². The van der Waals surface area contributed by atoms with Crippen LogP contribution in [-0.4, -0.2) is 4.98 Å². The lowest BCUT2D eigenvalue weighted by Crippen LogP contribution is -1.77. The monoisotopic (exact) mass is 244 g/mol. The number of pyridine rings is 1. The van der Waals surface area contributed by atoms with Crippen molar-refractivity contribution < 1.29 is 4.42 Å². The van der Waals surface area contributed by atoms with E-state index in [1.54, 1.807) is 12.4 Å². The summed E-state index contributed by atoms with van der Waals surface area (Å²) in [6.45, 7) is 0. The second-order valence-electron chi connectivity index (χ2n) is 4.46. The Bertz CT molecular complexity index is 862. The Morgan fingerprint density at radius 2 is 1.79 bits per heavy atom. The molecule has 0 saturated heterocycles. The average molecular weight is 244 g/mol. The highest BCUT2D eigenvalue weighted by Crippen LogP contribution is 2.31. The van der Waals surface area contributed by atoms with Gasteiger partial charge in [-0.25, -0.2) is 0 Å². The first-order valence-corrected chi connectivity index (χ1v) is 6.15. The maximum Gasteiger partial charge on any atom is 0.136 e. The molecular weight excluding hydrogens is 234 g/mol. The van der Waals surface area contributed by atoms with E-state index in [0.29, 0.717) is 0 Å². The molecule has 0 fully saturated rings. The van der Waals surface area contributed by atoms with Crippen LogP contribution < -0.4 is 0 Å². The molecule has 2 heterocycles. The van der Waals surface area contributed by atoms with Crippen molar-refractivity contribution in [3.8, 4) is 11.1 Å². The number of hydrogen-bond donors (Lipinski definition) is 0. The van der Waals surface area contributed by atoms with Gasteiger partial charge in [0.1, 0.15) is 11.2 Å².